The molecule has 3 N–H and O–H groups in total. The van der Waals surface area contributed by atoms with Crippen molar-refractivity contribution in [1.29, 1.82) is 0 Å². The van der Waals surface area contributed by atoms with Crippen molar-refractivity contribution in [3.63, 3.8) is 0 Å². The van der Waals surface area contributed by atoms with Crippen LogP contribution in [-0.4, -0.2) is 61.2 Å². The lowest BCUT2D eigenvalue weighted by molar-refractivity contribution is 0.282. The molecule has 2 atom stereocenters. The van der Waals surface area contributed by atoms with Crippen LogP contribution in [0.15, 0.2) is 38.9 Å². The average molecular weight is 568 g/mol. The van der Waals surface area contributed by atoms with Crippen molar-refractivity contribution >= 4 is 62.1 Å². The van der Waals surface area contributed by atoms with Gasteiger partial charge in [-0.2, -0.15) is 0 Å². The predicted molar refractivity (Wildman–Crippen MR) is 123 cm³/mol. The Balaban J connectivity index is 1.71. The Labute approximate surface area is 192 Å². The third kappa shape index (κ3) is 3.80. The molecule has 0 bridgehead atoms. The molecular weight excluding hydrogens is 548 g/mol. The summed E-state index contributed by atoms with van der Waals surface area (Å²) < 4.78 is 42.8. The molecule has 1 fully saturated rings. The molecule has 8 nitrogen and oxygen atoms in total. The van der Waals surface area contributed by atoms with Crippen LogP contribution in [0.5, 0.6) is 0 Å². The number of rotatable bonds is 6. The van der Waals surface area contributed by atoms with Crippen LogP contribution >= 0.6 is 34.2 Å². The molecule has 0 aromatic heterocycles. The number of halogens is 3. The fourth-order valence-electron chi connectivity index (χ4n) is 3.51. The van der Waals surface area contributed by atoms with Crippen LogP contribution in [0.1, 0.15) is 19.3 Å². The van der Waals surface area contributed by atoms with Gasteiger partial charge < -0.3 is 15.3 Å². The number of aliphatic hydroxyl groups excluding tert-OH is 1. The van der Waals surface area contributed by atoms with Crippen molar-refractivity contribution < 1.29 is 17.9 Å². The number of hydrogen-bond donors (Lipinski definition) is 3. The van der Waals surface area contributed by atoms with E-state index < -0.39 is 32.8 Å². The first kappa shape index (κ1) is 21.8. The monoisotopic (exact) mass is 567 g/mol. The third-order valence-corrected chi connectivity index (χ3v) is 8.77. The number of fused-ring (bicyclic) bond motifs is 1. The molecule has 1 aliphatic carbocycles. The molecule has 4 rings (SSSR count). The standard InChI is InChI=1S/C18H20ClFIN5O3S/c1-26-9-22-15-13(19)14(23-12-3-2-10(21)8-11(12)20)16(24-17(15)26)25-30(28,29)18(4-5-18)6-7-27/h2-3,8-9,15,17,23,27H,4-7H2,1H3,(H,24,25). The Kier molecular flexibility index (Phi) is 5.75. The summed E-state index contributed by atoms with van der Waals surface area (Å²) in [5, 5.41) is 12.4. The number of hydrogen-bond acceptors (Lipinski definition) is 7. The maximum atomic E-state index is 14.5. The summed E-state index contributed by atoms with van der Waals surface area (Å²) in [5.41, 5.74) is 0.301. The van der Waals surface area contributed by atoms with Gasteiger partial charge in [-0.3, -0.25) is 9.71 Å². The molecule has 162 valence electrons. The number of anilines is 1. The topological polar surface area (TPSA) is 106 Å². The summed E-state index contributed by atoms with van der Waals surface area (Å²) in [6.07, 6.45) is 2.12. The third-order valence-electron chi connectivity index (χ3n) is 5.47. The van der Waals surface area contributed by atoms with Gasteiger partial charge >= 0.3 is 0 Å². The van der Waals surface area contributed by atoms with Gasteiger partial charge in [-0.1, -0.05) is 11.6 Å². The molecule has 2 heterocycles. The second-order valence-corrected chi connectivity index (χ2v) is 11.2. The van der Waals surface area contributed by atoms with E-state index in [2.05, 4.69) is 20.0 Å². The molecule has 0 saturated heterocycles. The minimum absolute atomic E-state index is 0.000708. The zero-order valence-corrected chi connectivity index (χ0v) is 19.7. The van der Waals surface area contributed by atoms with Gasteiger partial charge in [0, 0.05) is 17.2 Å². The maximum absolute atomic E-state index is 14.5. The first-order valence-electron chi connectivity index (χ1n) is 9.26. The van der Waals surface area contributed by atoms with Crippen molar-refractivity contribution in [3.8, 4) is 0 Å². The molecule has 12 heteroatoms. The molecule has 1 aromatic carbocycles. The first-order valence-corrected chi connectivity index (χ1v) is 12.2. The molecule has 2 aliphatic heterocycles. The van der Waals surface area contributed by atoms with Crippen LogP contribution in [0.25, 0.3) is 0 Å². The van der Waals surface area contributed by atoms with Gasteiger partial charge in [-0.05, 0) is 60.1 Å². The predicted octanol–water partition coefficient (Wildman–Crippen LogP) is 2.21. The molecule has 0 radical (unpaired) electrons. The van der Waals surface area contributed by atoms with E-state index in [0.717, 1.165) is 3.57 Å². The summed E-state index contributed by atoms with van der Waals surface area (Å²) in [4.78, 5) is 10.6. The van der Waals surface area contributed by atoms with E-state index >= 15 is 0 Å². The quantitative estimate of drug-likeness (QED) is 0.457. The van der Waals surface area contributed by atoms with Crippen LogP contribution in [0.4, 0.5) is 10.1 Å². The van der Waals surface area contributed by atoms with E-state index in [1.165, 1.54) is 6.07 Å². The van der Waals surface area contributed by atoms with E-state index in [9.17, 15) is 17.9 Å². The molecule has 2 unspecified atom stereocenters. The highest BCUT2D eigenvalue weighted by atomic mass is 127. The summed E-state index contributed by atoms with van der Waals surface area (Å²) in [6, 6.07) is 4.10. The Morgan fingerprint density at radius 2 is 2.17 bits per heavy atom. The van der Waals surface area contributed by atoms with E-state index in [0.29, 0.717) is 12.8 Å². The fourth-order valence-corrected chi connectivity index (χ4v) is 5.90. The lowest BCUT2D eigenvalue weighted by Crippen LogP contribution is -2.47. The van der Waals surface area contributed by atoms with Gasteiger partial charge in [0.2, 0.25) is 10.0 Å². The molecule has 3 aliphatic rings. The van der Waals surface area contributed by atoms with E-state index in [1.54, 1.807) is 30.4 Å². The summed E-state index contributed by atoms with van der Waals surface area (Å²) >= 11 is 8.59. The van der Waals surface area contributed by atoms with Gasteiger partial charge in [-0.25, -0.2) is 17.8 Å². The van der Waals surface area contributed by atoms with E-state index in [4.69, 9.17) is 11.6 Å². The largest absolute Gasteiger partial charge is 0.396 e. The Bertz CT molecular complexity index is 1070. The van der Waals surface area contributed by atoms with Gasteiger partial charge in [0.25, 0.3) is 0 Å². The van der Waals surface area contributed by atoms with Gasteiger partial charge in [0.15, 0.2) is 12.0 Å². The van der Waals surface area contributed by atoms with E-state index in [-0.39, 0.29) is 35.3 Å². The zero-order valence-electron chi connectivity index (χ0n) is 15.9. The smallest absolute Gasteiger partial charge is 0.239 e. The Hall–Kier alpha value is -1.44. The maximum Gasteiger partial charge on any atom is 0.239 e. The zero-order chi connectivity index (χ0) is 21.7. The molecule has 1 aromatic rings. The molecule has 30 heavy (non-hydrogen) atoms. The normalized spacial score (nSPS) is 24.6. The van der Waals surface area contributed by atoms with Crippen LogP contribution in [-0.2, 0) is 10.0 Å². The lowest BCUT2D eigenvalue weighted by Gasteiger charge is -2.30. The summed E-state index contributed by atoms with van der Waals surface area (Å²) in [6.45, 7) is -0.232. The SMILES string of the molecule is CN1C=NC2C(Cl)=C(Nc3ccc(I)cc3F)C(NS(=O)(=O)C3(CCO)CC3)=NC21. The van der Waals surface area contributed by atoms with Crippen LogP contribution in [0.2, 0.25) is 0 Å². The van der Waals surface area contributed by atoms with Crippen molar-refractivity contribution in [1.82, 2.24) is 9.62 Å². The summed E-state index contributed by atoms with van der Waals surface area (Å²) in [7, 11) is -2.09. The van der Waals surface area contributed by atoms with Crippen molar-refractivity contribution in [2.45, 2.75) is 36.2 Å². The molecule has 1 saturated carbocycles. The van der Waals surface area contributed by atoms with Crippen LogP contribution in [0.3, 0.4) is 0 Å². The number of benzene rings is 1. The number of amidine groups is 1. The highest BCUT2D eigenvalue weighted by molar-refractivity contribution is 14.1. The lowest BCUT2D eigenvalue weighted by atomic mass is 10.1. The number of aliphatic hydroxyl groups is 1. The van der Waals surface area contributed by atoms with Crippen LogP contribution in [0, 0.1) is 9.39 Å². The fraction of sp³-hybridized carbons (Fsp3) is 0.444. The summed E-state index contributed by atoms with van der Waals surface area (Å²) in [5.74, 6) is -0.505. The number of likely N-dealkylation sites (N-methyl/N-ethyl adjacent to an activating group) is 1. The van der Waals surface area contributed by atoms with Crippen LogP contribution < -0.4 is 10.0 Å². The molecule has 0 spiro atoms. The Morgan fingerprint density at radius 3 is 2.80 bits per heavy atom. The van der Waals surface area contributed by atoms with Crippen molar-refractivity contribution in [2.75, 3.05) is 19.0 Å². The van der Waals surface area contributed by atoms with Gasteiger partial charge in [-0.15, -0.1) is 0 Å². The minimum atomic E-state index is -3.85. The number of nitrogens with zero attached hydrogens (tertiary/aromatic N) is 3. The number of sulfonamides is 1. The van der Waals surface area contributed by atoms with Crippen molar-refractivity contribution in [2.24, 2.45) is 9.98 Å². The highest BCUT2D eigenvalue weighted by Gasteiger charge is 2.55. The highest BCUT2D eigenvalue weighted by Crippen LogP contribution is 2.46. The number of nitrogens with one attached hydrogen (secondary N) is 2. The molecular formula is C18H20ClFIN5O3S. The van der Waals surface area contributed by atoms with E-state index in [1.807, 2.05) is 22.6 Å². The Morgan fingerprint density at radius 1 is 1.43 bits per heavy atom. The second-order valence-electron chi connectivity index (χ2n) is 7.50. The number of aliphatic imine (C=N–C) groups is 2. The van der Waals surface area contributed by atoms with Gasteiger partial charge in [0.1, 0.15) is 11.9 Å². The average Bonchev–Trinajstić information content (AvgIpc) is 3.38. The van der Waals surface area contributed by atoms with Gasteiger partial charge in [0.05, 0.1) is 27.5 Å². The molecule has 0 amide bonds. The minimum Gasteiger partial charge on any atom is -0.396 e. The first-order chi connectivity index (χ1) is 14.2. The number of dihydropyridines is 1. The van der Waals surface area contributed by atoms with Crippen molar-refractivity contribution in [3.05, 3.63) is 38.3 Å². The second kappa shape index (κ2) is 7.92.